The van der Waals surface area contributed by atoms with Crippen molar-refractivity contribution in [2.75, 3.05) is 19.6 Å². The first kappa shape index (κ1) is 20.4. The number of benzene rings is 1. The molecule has 3 heterocycles. The SMILES string of the molecule is C[C@H](c1cccc(C#N)c1)N1C(=O)[C@@H]2C[C@H]1CN2C[C@H](C)C(=O)N1CCC[C@H]1C#N. The topological polar surface area (TPSA) is 91.4 Å². The number of rotatable bonds is 5. The molecule has 0 spiro atoms. The summed E-state index contributed by atoms with van der Waals surface area (Å²) in [4.78, 5) is 31.8. The zero-order valence-electron chi connectivity index (χ0n) is 17.5. The number of hydrogen-bond donors (Lipinski definition) is 0. The van der Waals surface area contributed by atoms with Crippen molar-refractivity contribution in [3.8, 4) is 12.1 Å². The average Bonchev–Trinajstić information content (AvgIpc) is 3.47. The second kappa shape index (κ2) is 8.08. The Kier molecular flexibility index (Phi) is 5.49. The molecule has 1 aromatic carbocycles. The smallest absolute Gasteiger partial charge is 0.240 e. The van der Waals surface area contributed by atoms with Crippen LogP contribution in [-0.4, -0.2) is 64.3 Å². The lowest BCUT2D eigenvalue weighted by Crippen LogP contribution is -2.53. The van der Waals surface area contributed by atoms with E-state index in [4.69, 9.17) is 5.26 Å². The highest BCUT2D eigenvalue weighted by Gasteiger charge is 2.51. The van der Waals surface area contributed by atoms with E-state index in [1.807, 2.05) is 36.9 Å². The second-order valence-electron chi connectivity index (χ2n) is 8.74. The molecule has 2 bridgehead atoms. The maximum absolute atomic E-state index is 13.1. The van der Waals surface area contributed by atoms with Crippen LogP contribution >= 0.6 is 0 Å². The number of piperazine rings is 1. The quantitative estimate of drug-likeness (QED) is 0.748. The molecular formula is C23H27N5O2. The number of carbonyl (C=O) groups excluding carboxylic acids is 2. The summed E-state index contributed by atoms with van der Waals surface area (Å²) in [5.41, 5.74) is 1.57. The molecule has 0 unspecified atom stereocenters. The van der Waals surface area contributed by atoms with Crippen molar-refractivity contribution in [1.82, 2.24) is 14.7 Å². The molecule has 3 aliphatic rings. The third kappa shape index (κ3) is 3.44. The Morgan fingerprint density at radius 1 is 1.30 bits per heavy atom. The van der Waals surface area contributed by atoms with E-state index < -0.39 is 0 Å². The molecule has 7 nitrogen and oxygen atoms in total. The van der Waals surface area contributed by atoms with Crippen molar-refractivity contribution in [3.63, 3.8) is 0 Å². The molecule has 1 aromatic rings. The van der Waals surface area contributed by atoms with Crippen molar-refractivity contribution in [2.24, 2.45) is 5.92 Å². The van der Waals surface area contributed by atoms with Crippen LogP contribution in [0.3, 0.4) is 0 Å². The van der Waals surface area contributed by atoms with Crippen molar-refractivity contribution in [2.45, 2.75) is 57.3 Å². The van der Waals surface area contributed by atoms with E-state index in [-0.39, 0.29) is 41.9 Å². The minimum Gasteiger partial charge on any atom is -0.330 e. The van der Waals surface area contributed by atoms with Crippen LogP contribution in [0.15, 0.2) is 24.3 Å². The van der Waals surface area contributed by atoms with E-state index >= 15 is 0 Å². The Hall–Kier alpha value is -2.90. The van der Waals surface area contributed by atoms with Crippen molar-refractivity contribution >= 4 is 11.8 Å². The van der Waals surface area contributed by atoms with E-state index in [9.17, 15) is 14.9 Å². The number of hydrogen-bond acceptors (Lipinski definition) is 5. The normalized spacial score (nSPS) is 27.7. The van der Waals surface area contributed by atoms with Crippen LogP contribution in [0.2, 0.25) is 0 Å². The van der Waals surface area contributed by atoms with Crippen molar-refractivity contribution in [1.29, 1.82) is 10.5 Å². The lowest BCUT2D eigenvalue weighted by molar-refractivity contribution is -0.142. The predicted molar refractivity (Wildman–Crippen MR) is 110 cm³/mol. The highest BCUT2D eigenvalue weighted by atomic mass is 16.2. The van der Waals surface area contributed by atoms with Crippen molar-refractivity contribution in [3.05, 3.63) is 35.4 Å². The van der Waals surface area contributed by atoms with Gasteiger partial charge >= 0.3 is 0 Å². The second-order valence-corrected chi connectivity index (χ2v) is 8.74. The summed E-state index contributed by atoms with van der Waals surface area (Å²) in [6.07, 6.45) is 2.41. The van der Waals surface area contributed by atoms with E-state index in [2.05, 4.69) is 17.0 Å². The molecule has 5 atom stereocenters. The highest BCUT2D eigenvalue weighted by molar-refractivity contribution is 5.86. The molecule has 4 rings (SSSR count). The van der Waals surface area contributed by atoms with Gasteiger partial charge in [-0.25, -0.2) is 0 Å². The molecule has 7 heteroatoms. The maximum atomic E-state index is 13.1. The Bertz CT molecular complexity index is 932. The van der Waals surface area contributed by atoms with Crippen molar-refractivity contribution < 1.29 is 9.59 Å². The lowest BCUT2D eigenvalue weighted by Gasteiger charge is -2.38. The molecule has 0 saturated carbocycles. The molecule has 0 radical (unpaired) electrons. The van der Waals surface area contributed by atoms with E-state index in [1.165, 1.54) is 0 Å². The van der Waals surface area contributed by atoms with Crippen LogP contribution in [0, 0.1) is 28.6 Å². The van der Waals surface area contributed by atoms with Gasteiger partial charge in [0.25, 0.3) is 0 Å². The van der Waals surface area contributed by atoms with Gasteiger partial charge in [0.2, 0.25) is 11.8 Å². The van der Waals surface area contributed by atoms with Gasteiger partial charge in [0, 0.05) is 31.6 Å². The van der Waals surface area contributed by atoms with Gasteiger partial charge in [-0.15, -0.1) is 0 Å². The van der Waals surface area contributed by atoms with Gasteiger partial charge in [-0.1, -0.05) is 19.1 Å². The zero-order chi connectivity index (χ0) is 21.4. The molecule has 30 heavy (non-hydrogen) atoms. The summed E-state index contributed by atoms with van der Waals surface area (Å²) in [5.74, 6) is -0.103. The molecular weight excluding hydrogens is 378 g/mol. The Balaban J connectivity index is 1.40. The van der Waals surface area contributed by atoms with Gasteiger partial charge in [-0.2, -0.15) is 10.5 Å². The Morgan fingerprint density at radius 2 is 2.10 bits per heavy atom. The fourth-order valence-corrected chi connectivity index (χ4v) is 5.30. The van der Waals surface area contributed by atoms with Crippen LogP contribution in [0.25, 0.3) is 0 Å². The van der Waals surface area contributed by atoms with Gasteiger partial charge in [0.15, 0.2) is 0 Å². The summed E-state index contributed by atoms with van der Waals surface area (Å²) in [6, 6.07) is 11.4. The van der Waals surface area contributed by atoms with E-state index in [0.29, 0.717) is 18.7 Å². The number of amides is 2. The number of carbonyl (C=O) groups is 2. The third-order valence-electron chi connectivity index (χ3n) is 6.84. The third-order valence-corrected chi connectivity index (χ3v) is 6.84. The van der Waals surface area contributed by atoms with Crippen LogP contribution in [-0.2, 0) is 9.59 Å². The van der Waals surface area contributed by atoms with Gasteiger partial charge in [-0.3, -0.25) is 14.5 Å². The van der Waals surface area contributed by atoms with Gasteiger partial charge < -0.3 is 9.80 Å². The number of nitrogens with zero attached hydrogens (tertiary/aromatic N) is 5. The van der Waals surface area contributed by atoms with E-state index in [0.717, 1.165) is 31.4 Å². The van der Waals surface area contributed by atoms with Crippen LogP contribution < -0.4 is 0 Å². The molecule has 3 aliphatic heterocycles. The predicted octanol–water partition coefficient (Wildman–Crippen LogP) is 2.06. The largest absolute Gasteiger partial charge is 0.330 e. The minimum absolute atomic E-state index is 0.0211. The minimum atomic E-state index is -0.308. The standard InChI is InChI=1S/C23H27N5O2/c1-15(22(29)27-8-4-7-19(27)12-25)13-26-14-20-10-21(26)23(30)28(20)16(2)18-6-3-5-17(9-18)11-24/h3,5-6,9,15-16,19-21H,4,7-8,10,13-14H2,1-2H3/t15-,16+,19-,20-,21-/m0/s1. The summed E-state index contributed by atoms with van der Waals surface area (Å²) in [6.45, 7) is 5.88. The monoisotopic (exact) mass is 405 g/mol. The van der Waals surface area contributed by atoms with Crippen LogP contribution in [0.5, 0.6) is 0 Å². The molecule has 0 aromatic heterocycles. The molecule has 3 fully saturated rings. The molecule has 2 amide bonds. The Morgan fingerprint density at radius 3 is 2.80 bits per heavy atom. The van der Waals surface area contributed by atoms with Gasteiger partial charge in [0.05, 0.1) is 29.8 Å². The summed E-state index contributed by atoms with van der Waals surface area (Å²) >= 11 is 0. The Labute approximate surface area is 177 Å². The maximum Gasteiger partial charge on any atom is 0.240 e. The highest BCUT2D eigenvalue weighted by Crippen LogP contribution is 2.38. The lowest BCUT2D eigenvalue weighted by atomic mass is 10.0. The summed E-state index contributed by atoms with van der Waals surface area (Å²) in [5, 5.41) is 18.4. The molecule has 156 valence electrons. The van der Waals surface area contributed by atoms with Crippen LogP contribution in [0.4, 0.5) is 0 Å². The fraction of sp³-hybridized carbons (Fsp3) is 0.565. The molecule has 3 saturated heterocycles. The van der Waals surface area contributed by atoms with Gasteiger partial charge in [0.1, 0.15) is 6.04 Å². The van der Waals surface area contributed by atoms with Crippen LogP contribution in [0.1, 0.15) is 50.3 Å². The first-order chi connectivity index (χ1) is 14.4. The number of fused-ring (bicyclic) bond motifs is 2. The fourth-order valence-electron chi connectivity index (χ4n) is 5.30. The molecule has 0 N–H and O–H groups in total. The average molecular weight is 406 g/mol. The first-order valence-electron chi connectivity index (χ1n) is 10.7. The zero-order valence-corrected chi connectivity index (χ0v) is 17.5. The number of nitriles is 2. The summed E-state index contributed by atoms with van der Waals surface area (Å²) < 4.78 is 0. The van der Waals surface area contributed by atoms with E-state index in [1.54, 1.807) is 11.0 Å². The summed E-state index contributed by atoms with van der Waals surface area (Å²) in [7, 11) is 0. The number of likely N-dealkylation sites (tertiary alicyclic amines) is 3. The first-order valence-corrected chi connectivity index (χ1v) is 10.7. The molecule has 0 aliphatic carbocycles. The van der Waals surface area contributed by atoms with Gasteiger partial charge in [-0.05, 0) is 43.9 Å².